The van der Waals surface area contributed by atoms with Gasteiger partial charge in [0.15, 0.2) is 6.17 Å². The molecule has 0 bridgehead atoms. The quantitative estimate of drug-likeness (QED) is 0.683. The van der Waals surface area contributed by atoms with Gasteiger partial charge in [0.2, 0.25) is 0 Å². The topological polar surface area (TPSA) is 0 Å². The SMILES string of the molecule is CC(F)C(F)(F)Cc1ccccc1. The van der Waals surface area contributed by atoms with Crippen LogP contribution < -0.4 is 0 Å². The van der Waals surface area contributed by atoms with E-state index in [0.29, 0.717) is 5.56 Å². The number of halogens is 3. The smallest absolute Gasteiger partial charge is 0.241 e. The molecule has 0 aliphatic carbocycles. The molecule has 0 radical (unpaired) electrons. The summed E-state index contributed by atoms with van der Waals surface area (Å²) in [5.41, 5.74) is 0.456. The Hall–Kier alpha value is -0.990. The van der Waals surface area contributed by atoms with Crippen LogP contribution in [0.3, 0.4) is 0 Å². The summed E-state index contributed by atoms with van der Waals surface area (Å²) in [7, 11) is 0. The zero-order chi connectivity index (χ0) is 9.90. The summed E-state index contributed by atoms with van der Waals surface area (Å²) in [6.07, 6.45) is -2.64. The lowest BCUT2D eigenvalue weighted by Gasteiger charge is -2.17. The van der Waals surface area contributed by atoms with E-state index in [2.05, 4.69) is 0 Å². The first-order valence-corrected chi connectivity index (χ1v) is 4.08. The molecule has 0 fully saturated rings. The minimum atomic E-state index is -3.26. The summed E-state index contributed by atoms with van der Waals surface area (Å²) in [4.78, 5) is 0. The molecule has 0 aliphatic rings. The van der Waals surface area contributed by atoms with Crippen LogP contribution in [0, 0.1) is 0 Å². The van der Waals surface area contributed by atoms with Crippen molar-refractivity contribution in [3.05, 3.63) is 35.9 Å². The highest BCUT2D eigenvalue weighted by atomic mass is 19.3. The van der Waals surface area contributed by atoms with Gasteiger partial charge in [-0.15, -0.1) is 0 Å². The van der Waals surface area contributed by atoms with Crippen molar-refractivity contribution in [1.29, 1.82) is 0 Å². The average molecular weight is 188 g/mol. The second-order valence-electron chi connectivity index (χ2n) is 3.04. The van der Waals surface area contributed by atoms with Crippen LogP contribution in [0.4, 0.5) is 13.2 Å². The Morgan fingerprint density at radius 1 is 1.23 bits per heavy atom. The van der Waals surface area contributed by atoms with E-state index < -0.39 is 18.5 Å². The van der Waals surface area contributed by atoms with Crippen LogP contribution in [0.25, 0.3) is 0 Å². The fourth-order valence-electron chi connectivity index (χ4n) is 1.01. The molecule has 1 aromatic carbocycles. The first kappa shape index (κ1) is 10.1. The highest BCUT2D eigenvalue weighted by Gasteiger charge is 2.36. The molecule has 72 valence electrons. The first-order chi connectivity index (χ1) is 6.02. The summed E-state index contributed by atoms with van der Waals surface area (Å²) < 4.78 is 38.1. The van der Waals surface area contributed by atoms with Crippen LogP contribution in [0.1, 0.15) is 12.5 Å². The van der Waals surface area contributed by atoms with Crippen molar-refractivity contribution in [1.82, 2.24) is 0 Å². The predicted octanol–water partition coefficient (Wildman–Crippen LogP) is 3.22. The van der Waals surface area contributed by atoms with Crippen molar-refractivity contribution in [2.24, 2.45) is 0 Å². The van der Waals surface area contributed by atoms with E-state index in [9.17, 15) is 13.2 Å². The average Bonchev–Trinajstić information content (AvgIpc) is 2.05. The van der Waals surface area contributed by atoms with Crippen molar-refractivity contribution >= 4 is 0 Å². The Labute approximate surface area is 75.4 Å². The summed E-state index contributed by atoms with van der Waals surface area (Å²) in [6, 6.07) is 8.19. The molecule has 0 saturated carbocycles. The first-order valence-electron chi connectivity index (χ1n) is 4.08. The molecular weight excluding hydrogens is 177 g/mol. The molecule has 0 amide bonds. The largest absolute Gasteiger partial charge is 0.282 e. The van der Waals surface area contributed by atoms with Crippen LogP contribution in [-0.4, -0.2) is 12.1 Å². The van der Waals surface area contributed by atoms with Crippen LogP contribution in [0.5, 0.6) is 0 Å². The van der Waals surface area contributed by atoms with Crippen molar-refractivity contribution in [2.75, 3.05) is 0 Å². The molecule has 1 atom stereocenters. The van der Waals surface area contributed by atoms with Crippen LogP contribution >= 0.6 is 0 Å². The lowest BCUT2D eigenvalue weighted by atomic mass is 10.0. The fourth-order valence-corrected chi connectivity index (χ4v) is 1.01. The monoisotopic (exact) mass is 188 g/mol. The van der Waals surface area contributed by atoms with E-state index in [0.717, 1.165) is 6.92 Å². The summed E-state index contributed by atoms with van der Waals surface area (Å²) in [5.74, 6) is -3.26. The highest BCUT2D eigenvalue weighted by molar-refractivity contribution is 5.16. The standard InChI is InChI=1S/C10H11F3/c1-8(11)10(12,13)7-9-5-3-2-4-6-9/h2-6,8H,7H2,1H3. The van der Waals surface area contributed by atoms with Gasteiger partial charge < -0.3 is 0 Å². The Bertz CT molecular complexity index is 254. The zero-order valence-electron chi connectivity index (χ0n) is 7.31. The second kappa shape index (κ2) is 3.81. The predicted molar refractivity (Wildman–Crippen MR) is 45.7 cm³/mol. The van der Waals surface area contributed by atoms with Gasteiger partial charge in [0, 0.05) is 6.42 Å². The van der Waals surface area contributed by atoms with Crippen LogP contribution in [-0.2, 0) is 6.42 Å². The lowest BCUT2D eigenvalue weighted by Crippen LogP contribution is -2.29. The molecule has 0 aliphatic heterocycles. The molecule has 13 heavy (non-hydrogen) atoms. The minimum Gasteiger partial charge on any atom is -0.241 e. The Morgan fingerprint density at radius 3 is 2.23 bits per heavy atom. The third kappa shape index (κ3) is 2.76. The van der Waals surface area contributed by atoms with E-state index in [-0.39, 0.29) is 0 Å². The van der Waals surface area contributed by atoms with Gasteiger partial charge >= 0.3 is 0 Å². The molecule has 0 N–H and O–H groups in total. The molecule has 0 spiro atoms. The molecule has 1 aromatic rings. The van der Waals surface area contributed by atoms with E-state index >= 15 is 0 Å². The Morgan fingerprint density at radius 2 is 1.77 bits per heavy atom. The number of hydrogen-bond donors (Lipinski definition) is 0. The number of benzene rings is 1. The summed E-state index contributed by atoms with van der Waals surface area (Å²) in [6.45, 7) is 0.878. The molecule has 0 nitrogen and oxygen atoms in total. The molecule has 1 unspecified atom stereocenters. The highest BCUT2D eigenvalue weighted by Crippen LogP contribution is 2.25. The maximum absolute atomic E-state index is 12.9. The van der Waals surface area contributed by atoms with Gasteiger partial charge in [0.25, 0.3) is 5.92 Å². The molecule has 0 aromatic heterocycles. The van der Waals surface area contributed by atoms with E-state index in [1.165, 1.54) is 0 Å². The maximum atomic E-state index is 12.9. The summed E-state index contributed by atoms with van der Waals surface area (Å²) >= 11 is 0. The third-order valence-electron chi connectivity index (χ3n) is 1.86. The fraction of sp³-hybridized carbons (Fsp3) is 0.400. The van der Waals surface area contributed by atoms with Gasteiger partial charge in [-0.25, -0.2) is 13.2 Å². The van der Waals surface area contributed by atoms with E-state index in [1.807, 2.05) is 0 Å². The normalized spacial score (nSPS) is 14.2. The number of hydrogen-bond acceptors (Lipinski definition) is 0. The van der Waals surface area contributed by atoms with Crippen LogP contribution in [0.15, 0.2) is 30.3 Å². The van der Waals surface area contributed by atoms with Gasteiger partial charge in [-0.3, -0.25) is 0 Å². The van der Waals surface area contributed by atoms with Crippen molar-refractivity contribution in [3.63, 3.8) is 0 Å². The van der Waals surface area contributed by atoms with E-state index in [4.69, 9.17) is 0 Å². The molecule has 0 saturated heterocycles. The maximum Gasteiger partial charge on any atom is 0.282 e. The molecule has 3 heteroatoms. The van der Waals surface area contributed by atoms with Gasteiger partial charge in [-0.2, -0.15) is 0 Å². The van der Waals surface area contributed by atoms with Crippen molar-refractivity contribution in [2.45, 2.75) is 25.4 Å². The Kier molecular flexibility index (Phi) is 2.96. The van der Waals surface area contributed by atoms with Crippen molar-refractivity contribution in [3.8, 4) is 0 Å². The van der Waals surface area contributed by atoms with Crippen molar-refractivity contribution < 1.29 is 13.2 Å². The minimum absolute atomic E-state index is 0.456. The van der Waals surface area contributed by atoms with Gasteiger partial charge in [-0.05, 0) is 12.5 Å². The summed E-state index contributed by atoms with van der Waals surface area (Å²) in [5, 5.41) is 0. The Balaban J connectivity index is 2.69. The lowest BCUT2D eigenvalue weighted by molar-refractivity contribution is -0.0637. The molecule has 1 rings (SSSR count). The van der Waals surface area contributed by atoms with Gasteiger partial charge in [0.1, 0.15) is 0 Å². The van der Waals surface area contributed by atoms with Gasteiger partial charge in [-0.1, -0.05) is 30.3 Å². The van der Waals surface area contributed by atoms with Crippen LogP contribution in [0.2, 0.25) is 0 Å². The second-order valence-corrected chi connectivity index (χ2v) is 3.04. The van der Waals surface area contributed by atoms with E-state index in [1.54, 1.807) is 30.3 Å². The molecular formula is C10H11F3. The number of alkyl halides is 3. The zero-order valence-corrected chi connectivity index (χ0v) is 7.31. The molecule has 0 heterocycles. The number of rotatable bonds is 3. The third-order valence-corrected chi connectivity index (χ3v) is 1.86. The van der Waals surface area contributed by atoms with Gasteiger partial charge in [0.05, 0.1) is 0 Å².